The molecule has 0 unspecified atom stereocenters. The van der Waals surface area contributed by atoms with Crippen molar-refractivity contribution in [1.82, 2.24) is 9.88 Å². The molecule has 1 saturated heterocycles. The Bertz CT molecular complexity index is 1120. The Hall–Kier alpha value is -2.61. The van der Waals surface area contributed by atoms with E-state index >= 15 is 0 Å². The van der Waals surface area contributed by atoms with Crippen LogP contribution in [0.3, 0.4) is 0 Å². The summed E-state index contributed by atoms with van der Waals surface area (Å²) in [7, 11) is 0. The first-order chi connectivity index (χ1) is 13.9. The van der Waals surface area contributed by atoms with Crippen molar-refractivity contribution < 1.29 is 15.0 Å². The van der Waals surface area contributed by atoms with Gasteiger partial charge in [-0.25, -0.2) is 0 Å². The first-order valence-electron chi connectivity index (χ1n) is 9.21. The first-order valence-corrected chi connectivity index (χ1v) is 10.5. The molecule has 3 heterocycles. The summed E-state index contributed by atoms with van der Waals surface area (Å²) < 4.78 is 0. The molecule has 8 heteroatoms. The minimum Gasteiger partial charge on any atom is -0.503 e. The van der Waals surface area contributed by atoms with Gasteiger partial charge in [-0.2, -0.15) is 0 Å². The molecule has 0 spiro atoms. The van der Waals surface area contributed by atoms with Gasteiger partial charge in [0.2, 0.25) is 0 Å². The van der Waals surface area contributed by atoms with Crippen LogP contribution in [0.1, 0.15) is 23.2 Å². The third kappa shape index (κ3) is 3.94. The fourth-order valence-electron chi connectivity index (χ4n) is 3.42. The number of benzene rings is 1. The first kappa shape index (κ1) is 19.7. The third-order valence-corrected chi connectivity index (χ3v) is 6.35. The Balaban J connectivity index is 1.59. The summed E-state index contributed by atoms with van der Waals surface area (Å²) >= 11 is 7.91. The molecule has 0 saturated carbocycles. The minimum absolute atomic E-state index is 0.0920. The summed E-state index contributed by atoms with van der Waals surface area (Å²) in [6.07, 6.45) is 2.33. The Morgan fingerprint density at radius 2 is 1.93 bits per heavy atom. The van der Waals surface area contributed by atoms with Gasteiger partial charge in [-0.3, -0.25) is 9.59 Å². The number of carbonyl (C=O) groups is 1. The highest BCUT2D eigenvalue weighted by Gasteiger charge is 2.23. The SMILES string of the molecule is O=C(c1ccc(-c2cc(-c3cc[nH]c(=O)c3O)cs2)c(Cl)c1)N1CCC(O)CC1. The summed E-state index contributed by atoms with van der Waals surface area (Å²) in [5, 5.41) is 21.9. The maximum Gasteiger partial charge on any atom is 0.290 e. The molecule has 1 aromatic carbocycles. The molecule has 0 radical (unpaired) electrons. The van der Waals surface area contributed by atoms with Crippen LogP contribution in [0.2, 0.25) is 5.02 Å². The molecular weight excluding hydrogens is 412 g/mol. The second-order valence-corrected chi connectivity index (χ2v) is 8.31. The number of H-pyrrole nitrogens is 1. The highest BCUT2D eigenvalue weighted by atomic mass is 35.5. The number of aliphatic hydroxyl groups excluding tert-OH is 1. The largest absolute Gasteiger partial charge is 0.503 e. The molecule has 1 aliphatic heterocycles. The molecule has 6 nitrogen and oxygen atoms in total. The normalized spacial score (nSPS) is 14.9. The van der Waals surface area contributed by atoms with Crippen LogP contribution in [0.4, 0.5) is 0 Å². The van der Waals surface area contributed by atoms with Gasteiger partial charge in [0.1, 0.15) is 0 Å². The highest BCUT2D eigenvalue weighted by molar-refractivity contribution is 7.14. The summed E-state index contributed by atoms with van der Waals surface area (Å²) in [4.78, 5) is 29.3. The van der Waals surface area contributed by atoms with Crippen LogP contribution in [-0.4, -0.2) is 45.2 Å². The lowest BCUT2D eigenvalue weighted by atomic mass is 10.0. The number of nitrogens with zero attached hydrogens (tertiary/aromatic N) is 1. The molecule has 0 aliphatic carbocycles. The predicted molar refractivity (Wildman–Crippen MR) is 114 cm³/mol. The van der Waals surface area contributed by atoms with E-state index in [1.807, 2.05) is 17.5 Å². The van der Waals surface area contributed by atoms with Gasteiger partial charge in [-0.15, -0.1) is 11.3 Å². The monoisotopic (exact) mass is 430 g/mol. The Kier molecular flexibility index (Phi) is 5.45. The molecule has 4 rings (SSSR count). The van der Waals surface area contributed by atoms with Gasteiger partial charge >= 0.3 is 0 Å². The van der Waals surface area contributed by atoms with Crippen molar-refractivity contribution in [2.24, 2.45) is 0 Å². The van der Waals surface area contributed by atoms with Crippen molar-refractivity contribution in [3.8, 4) is 27.3 Å². The quantitative estimate of drug-likeness (QED) is 0.590. The highest BCUT2D eigenvalue weighted by Crippen LogP contribution is 2.38. The topological polar surface area (TPSA) is 93.6 Å². The van der Waals surface area contributed by atoms with E-state index in [4.69, 9.17) is 11.6 Å². The number of aromatic nitrogens is 1. The fraction of sp³-hybridized carbons (Fsp3) is 0.238. The maximum atomic E-state index is 12.7. The van der Waals surface area contributed by atoms with E-state index in [2.05, 4.69) is 4.98 Å². The van der Waals surface area contributed by atoms with Gasteiger partial charge in [-0.05, 0) is 48.1 Å². The number of aromatic hydroxyl groups is 1. The molecule has 150 valence electrons. The van der Waals surface area contributed by atoms with Gasteiger partial charge in [0, 0.05) is 40.9 Å². The van der Waals surface area contributed by atoms with Crippen LogP contribution in [0.15, 0.2) is 46.7 Å². The van der Waals surface area contributed by atoms with E-state index in [0.717, 1.165) is 16.0 Å². The van der Waals surface area contributed by atoms with Crippen LogP contribution < -0.4 is 5.56 Å². The van der Waals surface area contributed by atoms with Crippen molar-refractivity contribution in [2.75, 3.05) is 13.1 Å². The molecule has 1 amide bonds. The predicted octanol–water partition coefficient (Wildman–Crippen LogP) is 3.73. The van der Waals surface area contributed by atoms with E-state index in [0.29, 0.717) is 42.1 Å². The Morgan fingerprint density at radius 3 is 2.66 bits per heavy atom. The van der Waals surface area contributed by atoms with Gasteiger partial charge in [0.05, 0.1) is 11.1 Å². The van der Waals surface area contributed by atoms with E-state index in [1.165, 1.54) is 17.5 Å². The van der Waals surface area contributed by atoms with Crippen molar-refractivity contribution in [3.05, 3.63) is 62.8 Å². The third-order valence-electron chi connectivity index (χ3n) is 5.08. The number of aliphatic hydroxyl groups is 1. The molecule has 1 fully saturated rings. The Labute approximate surface area is 176 Å². The summed E-state index contributed by atoms with van der Waals surface area (Å²) in [6, 6.07) is 8.71. The maximum absolute atomic E-state index is 12.7. The van der Waals surface area contributed by atoms with Crippen LogP contribution in [0.25, 0.3) is 21.6 Å². The van der Waals surface area contributed by atoms with Gasteiger partial charge in [-0.1, -0.05) is 17.7 Å². The van der Waals surface area contributed by atoms with Crippen LogP contribution in [0, 0.1) is 0 Å². The van der Waals surface area contributed by atoms with Crippen LogP contribution in [-0.2, 0) is 0 Å². The second kappa shape index (κ2) is 8.02. The fourth-order valence-corrected chi connectivity index (χ4v) is 4.71. The van der Waals surface area contributed by atoms with Gasteiger partial charge in [0.15, 0.2) is 5.75 Å². The Morgan fingerprint density at radius 1 is 1.17 bits per heavy atom. The van der Waals surface area contributed by atoms with Gasteiger partial charge in [0.25, 0.3) is 11.5 Å². The number of carbonyl (C=O) groups excluding carboxylic acids is 1. The number of amides is 1. The number of nitrogens with one attached hydrogen (secondary N) is 1. The number of piperidine rings is 1. The number of thiophene rings is 1. The number of aromatic amines is 1. The molecule has 1 aliphatic rings. The minimum atomic E-state index is -0.540. The number of pyridine rings is 1. The average molecular weight is 431 g/mol. The van der Waals surface area contributed by atoms with E-state index in [-0.39, 0.29) is 17.8 Å². The number of likely N-dealkylation sites (tertiary alicyclic amines) is 1. The molecule has 2 aromatic heterocycles. The van der Waals surface area contributed by atoms with E-state index < -0.39 is 5.56 Å². The lowest BCUT2D eigenvalue weighted by molar-refractivity contribution is 0.0546. The van der Waals surface area contributed by atoms with E-state index in [1.54, 1.807) is 23.1 Å². The van der Waals surface area contributed by atoms with Gasteiger partial charge < -0.3 is 20.1 Å². The van der Waals surface area contributed by atoms with Crippen LogP contribution >= 0.6 is 22.9 Å². The number of halogens is 1. The second-order valence-electron chi connectivity index (χ2n) is 6.99. The van der Waals surface area contributed by atoms with Crippen molar-refractivity contribution in [3.63, 3.8) is 0 Å². The van der Waals surface area contributed by atoms with Crippen molar-refractivity contribution >= 4 is 28.8 Å². The summed E-state index contributed by atoms with van der Waals surface area (Å²) in [5.74, 6) is -0.416. The average Bonchev–Trinajstić information content (AvgIpc) is 3.19. The molecule has 29 heavy (non-hydrogen) atoms. The molecule has 0 bridgehead atoms. The smallest absolute Gasteiger partial charge is 0.290 e. The lowest BCUT2D eigenvalue weighted by Crippen LogP contribution is -2.40. The molecular formula is C21H19ClN2O4S. The molecule has 3 N–H and O–H groups in total. The molecule has 0 atom stereocenters. The van der Waals surface area contributed by atoms with Crippen LogP contribution in [0.5, 0.6) is 5.75 Å². The standard InChI is InChI=1S/C21H19ClN2O4S/c22-17-9-12(21(28)24-7-4-14(25)5-8-24)1-2-16(17)18-10-13(11-29-18)15-3-6-23-20(27)19(15)26/h1-3,6,9-11,14,25-26H,4-5,7-8H2,(H,23,27). The summed E-state index contributed by atoms with van der Waals surface area (Å²) in [5.41, 5.74) is 1.92. The number of hydrogen-bond acceptors (Lipinski definition) is 5. The lowest BCUT2D eigenvalue weighted by Gasteiger charge is -2.29. The molecule has 3 aromatic rings. The van der Waals surface area contributed by atoms with Crippen molar-refractivity contribution in [1.29, 1.82) is 0 Å². The zero-order valence-corrected chi connectivity index (χ0v) is 17.0. The number of hydrogen-bond donors (Lipinski definition) is 3. The zero-order chi connectivity index (χ0) is 20.5. The summed E-state index contributed by atoms with van der Waals surface area (Å²) in [6.45, 7) is 1.07. The number of rotatable bonds is 3. The zero-order valence-electron chi connectivity index (χ0n) is 15.4. The van der Waals surface area contributed by atoms with E-state index in [9.17, 15) is 19.8 Å². The van der Waals surface area contributed by atoms with Crippen molar-refractivity contribution in [2.45, 2.75) is 18.9 Å².